The Morgan fingerprint density at radius 1 is 1.15 bits per heavy atom. The van der Waals surface area contributed by atoms with Crippen LogP contribution in [0, 0.1) is 0 Å². The van der Waals surface area contributed by atoms with E-state index in [2.05, 4.69) is 37.1 Å². The predicted octanol–water partition coefficient (Wildman–Crippen LogP) is 2.22. The first-order valence-electron chi connectivity index (χ1n) is 10.5. The summed E-state index contributed by atoms with van der Waals surface area (Å²) >= 11 is 3.34. The van der Waals surface area contributed by atoms with Gasteiger partial charge in [0, 0.05) is 23.3 Å². The number of amides is 3. The molecule has 1 fully saturated rings. The number of methoxy groups -OCH3 is 1. The summed E-state index contributed by atoms with van der Waals surface area (Å²) in [5.41, 5.74) is 3.41. The molecule has 3 rings (SSSR count). The lowest BCUT2D eigenvalue weighted by Gasteiger charge is -2.11. The largest absolute Gasteiger partial charge is 0.493 e. The smallest absolute Gasteiger partial charge is 0.329 e. The Kier molecular flexibility index (Phi) is 9.41. The van der Waals surface area contributed by atoms with Crippen LogP contribution in [-0.4, -0.2) is 56.9 Å². The fraction of sp³-hybridized carbons (Fsp3) is 0.304. The van der Waals surface area contributed by atoms with Crippen molar-refractivity contribution in [3.63, 3.8) is 0 Å². The van der Waals surface area contributed by atoms with Crippen LogP contribution in [0.1, 0.15) is 18.4 Å². The maximum Gasteiger partial charge on any atom is 0.329 e. The lowest BCUT2D eigenvalue weighted by atomic mass is 10.2. The number of rotatable bonds is 9. The first-order valence-corrected chi connectivity index (χ1v) is 11.3. The molecule has 10 nitrogen and oxygen atoms in total. The van der Waals surface area contributed by atoms with Gasteiger partial charge in [-0.1, -0.05) is 15.9 Å². The zero-order valence-electron chi connectivity index (χ0n) is 18.5. The van der Waals surface area contributed by atoms with Gasteiger partial charge in [0.25, 0.3) is 5.91 Å². The molecule has 0 spiro atoms. The van der Waals surface area contributed by atoms with E-state index < -0.39 is 11.8 Å². The number of hydrogen-bond acceptors (Lipinski definition) is 7. The topological polar surface area (TPSA) is 127 Å². The van der Waals surface area contributed by atoms with Crippen LogP contribution in [0.5, 0.6) is 11.5 Å². The van der Waals surface area contributed by atoms with Crippen LogP contribution in [0.15, 0.2) is 52.0 Å². The summed E-state index contributed by atoms with van der Waals surface area (Å²) in [5, 5.41) is 9.05. The van der Waals surface area contributed by atoms with Crippen LogP contribution < -0.4 is 25.5 Å². The van der Waals surface area contributed by atoms with E-state index >= 15 is 0 Å². The standard InChI is InChI=1S/C23H25BrN4O6/c1-32-20-11-15(12-26-28-23(31)22(30)25-13-18-3-2-10-33-18)4-9-19(20)34-14-21(29)27-17-7-5-16(24)6-8-17/h4-9,11-12,18H,2-3,10,13-14H2,1H3,(H,25,30)(H,27,29)(H,28,31)/b26-12-/t18-/m0/s1. The third kappa shape index (κ3) is 7.85. The molecule has 0 aliphatic carbocycles. The molecule has 180 valence electrons. The molecule has 0 bridgehead atoms. The summed E-state index contributed by atoms with van der Waals surface area (Å²) in [6, 6.07) is 12.1. The van der Waals surface area contributed by atoms with Gasteiger partial charge in [0.2, 0.25) is 0 Å². The van der Waals surface area contributed by atoms with E-state index in [0.717, 1.165) is 17.3 Å². The Labute approximate surface area is 205 Å². The Morgan fingerprint density at radius 2 is 1.94 bits per heavy atom. The average Bonchev–Trinajstić information content (AvgIpc) is 3.36. The number of carbonyl (C=O) groups is 3. The van der Waals surface area contributed by atoms with Gasteiger partial charge >= 0.3 is 11.8 Å². The molecule has 2 aromatic rings. The molecular formula is C23H25BrN4O6. The number of hydrazone groups is 1. The highest BCUT2D eigenvalue weighted by Gasteiger charge is 2.19. The molecule has 1 aliphatic rings. The fourth-order valence-corrected chi connectivity index (χ4v) is 3.33. The van der Waals surface area contributed by atoms with Crippen molar-refractivity contribution in [2.45, 2.75) is 18.9 Å². The summed E-state index contributed by atoms with van der Waals surface area (Å²) in [5.74, 6) is -1.24. The zero-order chi connectivity index (χ0) is 24.3. The third-order valence-electron chi connectivity index (χ3n) is 4.77. The van der Waals surface area contributed by atoms with E-state index in [9.17, 15) is 14.4 Å². The highest BCUT2D eigenvalue weighted by Crippen LogP contribution is 2.27. The number of ether oxygens (including phenoxy) is 3. The van der Waals surface area contributed by atoms with E-state index in [0.29, 0.717) is 29.4 Å². The Hall–Kier alpha value is -3.44. The van der Waals surface area contributed by atoms with Crippen molar-refractivity contribution in [2.24, 2.45) is 5.10 Å². The molecule has 1 atom stereocenters. The number of benzene rings is 2. The average molecular weight is 533 g/mol. The van der Waals surface area contributed by atoms with Crippen LogP contribution in [0.3, 0.4) is 0 Å². The van der Waals surface area contributed by atoms with Crippen LogP contribution in [0.4, 0.5) is 5.69 Å². The summed E-state index contributed by atoms with van der Waals surface area (Å²) in [6.45, 7) is 0.746. The zero-order valence-corrected chi connectivity index (χ0v) is 20.1. The van der Waals surface area contributed by atoms with E-state index in [1.54, 1.807) is 30.3 Å². The van der Waals surface area contributed by atoms with Gasteiger partial charge < -0.3 is 24.8 Å². The molecule has 1 heterocycles. The van der Waals surface area contributed by atoms with Gasteiger partial charge in [-0.05, 0) is 60.9 Å². The first kappa shape index (κ1) is 25.2. The lowest BCUT2D eigenvalue weighted by Crippen LogP contribution is -2.41. The van der Waals surface area contributed by atoms with E-state index in [1.165, 1.54) is 13.3 Å². The number of nitrogens with one attached hydrogen (secondary N) is 3. The van der Waals surface area contributed by atoms with Gasteiger partial charge in [0.05, 0.1) is 19.4 Å². The minimum atomic E-state index is -0.877. The van der Waals surface area contributed by atoms with Gasteiger partial charge in [0.15, 0.2) is 18.1 Å². The molecule has 0 unspecified atom stereocenters. The van der Waals surface area contributed by atoms with Crippen molar-refractivity contribution >= 4 is 45.6 Å². The number of anilines is 1. The summed E-state index contributed by atoms with van der Waals surface area (Å²) in [4.78, 5) is 35.8. The lowest BCUT2D eigenvalue weighted by molar-refractivity contribution is -0.139. The molecule has 2 aromatic carbocycles. The van der Waals surface area contributed by atoms with E-state index in [4.69, 9.17) is 14.2 Å². The van der Waals surface area contributed by atoms with Gasteiger partial charge in [-0.25, -0.2) is 5.43 Å². The van der Waals surface area contributed by atoms with Crippen LogP contribution in [0.25, 0.3) is 0 Å². The number of halogens is 1. The summed E-state index contributed by atoms with van der Waals surface area (Å²) in [6.07, 6.45) is 3.11. The van der Waals surface area contributed by atoms with Gasteiger partial charge in [-0.3, -0.25) is 14.4 Å². The highest BCUT2D eigenvalue weighted by atomic mass is 79.9. The van der Waals surface area contributed by atoms with E-state index in [-0.39, 0.29) is 25.2 Å². The Bertz CT molecular complexity index is 1040. The molecule has 11 heteroatoms. The fourth-order valence-electron chi connectivity index (χ4n) is 3.07. The van der Waals surface area contributed by atoms with Gasteiger partial charge in [-0.15, -0.1) is 0 Å². The van der Waals surface area contributed by atoms with Crippen molar-refractivity contribution in [1.82, 2.24) is 10.7 Å². The third-order valence-corrected chi connectivity index (χ3v) is 5.30. The second-order valence-corrected chi connectivity index (χ2v) is 8.21. The summed E-state index contributed by atoms with van der Waals surface area (Å²) < 4.78 is 17.2. The number of hydrogen-bond donors (Lipinski definition) is 3. The highest BCUT2D eigenvalue weighted by molar-refractivity contribution is 9.10. The quantitative estimate of drug-likeness (QED) is 0.258. The van der Waals surface area contributed by atoms with Crippen LogP contribution in [-0.2, 0) is 19.1 Å². The monoisotopic (exact) mass is 532 g/mol. The molecule has 3 amide bonds. The normalized spacial score (nSPS) is 15.1. The Balaban J connectivity index is 1.47. The molecule has 1 aliphatic heterocycles. The number of carbonyl (C=O) groups excluding carboxylic acids is 3. The predicted molar refractivity (Wildman–Crippen MR) is 129 cm³/mol. The van der Waals surface area contributed by atoms with Crippen molar-refractivity contribution < 1.29 is 28.6 Å². The molecule has 0 radical (unpaired) electrons. The molecule has 0 saturated carbocycles. The minimum Gasteiger partial charge on any atom is -0.493 e. The van der Waals surface area contributed by atoms with Crippen molar-refractivity contribution in [3.8, 4) is 11.5 Å². The van der Waals surface area contributed by atoms with Crippen molar-refractivity contribution in [3.05, 3.63) is 52.5 Å². The van der Waals surface area contributed by atoms with Crippen LogP contribution in [0.2, 0.25) is 0 Å². The first-order chi connectivity index (χ1) is 16.4. The Morgan fingerprint density at radius 3 is 2.65 bits per heavy atom. The van der Waals surface area contributed by atoms with Crippen molar-refractivity contribution in [1.29, 1.82) is 0 Å². The molecule has 0 aromatic heterocycles. The molecular weight excluding hydrogens is 508 g/mol. The molecule has 3 N–H and O–H groups in total. The second kappa shape index (κ2) is 12.7. The summed E-state index contributed by atoms with van der Waals surface area (Å²) in [7, 11) is 1.46. The van der Waals surface area contributed by atoms with E-state index in [1.807, 2.05) is 12.1 Å². The SMILES string of the molecule is COc1cc(/C=N\NC(=O)C(=O)NC[C@@H]2CCCO2)ccc1OCC(=O)Nc1ccc(Br)cc1. The molecule has 1 saturated heterocycles. The van der Waals surface area contributed by atoms with Crippen molar-refractivity contribution in [2.75, 3.05) is 32.2 Å². The number of nitrogens with zero attached hydrogens (tertiary/aromatic N) is 1. The maximum absolute atomic E-state index is 12.1. The van der Waals surface area contributed by atoms with Gasteiger partial charge in [0.1, 0.15) is 0 Å². The van der Waals surface area contributed by atoms with Crippen LogP contribution >= 0.6 is 15.9 Å². The van der Waals surface area contributed by atoms with Gasteiger partial charge in [-0.2, -0.15) is 5.10 Å². The minimum absolute atomic E-state index is 0.0553. The maximum atomic E-state index is 12.1. The second-order valence-electron chi connectivity index (χ2n) is 7.30. The molecule has 34 heavy (non-hydrogen) atoms.